The smallest absolute Gasteiger partial charge is 0.274 e. The maximum absolute atomic E-state index is 11.9. The first-order valence-electron chi connectivity index (χ1n) is 4.75. The molecule has 84 valence electrons. The zero-order valence-electron chi connectivity index (χ0n) is 9.56. The highest BCUT2D eigenvalue weighted by Crippen LogP contribution is 2.13. The molecule has 0 atom stereocenters. The molecule has 0 fully saturated rings. The molecule has 0 unspecified atom stereocenters. The zero-order chi connectivity index (χ0) is 11.6. The van der Waals surface area contributed by atoms with Gasteiger partial charge in [0.25, 0.3) is 5.91 Å². The molecule has 1 heterocycles. The number of carbonyl (C=O) groups excluding carboxylic acids is 1. The Morgan fingerprint density at radius 1 is 1.67 bits per heavy atom. The summed E-state index contributed by atoms with van der Waals surface area (Å²) in [5, 5.41) is 9.15. The van der Waals surface area contributed by atoms with Crippen LogP contribution in [0.15, 0.2) is 12.5 Å². The molecule has 0 aromatic carbocycles. The van der Waals surface area contributed by atoms with Crippen LogP contribution in [0.5, 0.6) is 0 Å². The van der Waals surface area contributed by atoms with E-state index in [1.165, 1.54) is 4.90 Å². The van der Waals surface area contributed by atoms with Crippen LogP contribution in [0.4, 0.5) is 0 Å². The first kappa shape index (κ1) is 11.7. The molecule has 5 nitrogen and oxygen atoms in total. The molecule has 0 aliphatic heterocycles. The minimum atomic E-state index is -0.575. The van der Waals surface area contributed by atoms with Crippen molar-refractivity contribution in [2.75, 3.05) is 13.7 Å². The summed E-state index contributed by atoms with van der Waals surface area (Å²) in [7, 11) is 3.47. The number of aliphatic hydroxyl groups is 1. The van der Waals surface area contributed by atoms with E-state index in [9.17, 15) is 4.79 Å². The van der Waals surface area contributed by atoms with Gasteiger partial charge >= 0.3 is 0 Å². The normalized spacial score (nSPS) is 11.5. The molecule has 5 heteroatoms. The molecule has 1 aromatic rings. The van der Waals surface area contributed by atoms with Gasteiger partial charge in [-0.15, -0.1) is 0 Å². The first-order chi connectivity index (χ1) is 6.88. The molecule has 0 saturated heterocycles. The van der Waals surface area contributed by atoms with Gasteiger partial charge in [0.1, 0.15) is 5.69 Å². The van der Waals surface area contributed by atoms with Crippen molar-refractivity contribution in [1.29, 1.82) is 0 Å². The number of likely N-dealkylation sites (N-methyl/N-ethyl adjacent to an activating group) is 1. The summed E-state index contributed by atoms with van der Waals surface area (Å²) in [6.45, 7) is 3.52. The largest absolute Gasteiger partial charge is 0.394 e. The number of carbonyl (C=O) groups is 1. The van der Waals surface area contributed by atoms with Crippen LogP contribution in [0.2, 0.25) is 0 Å². The fraction of sp³-hybridized carbons (Fsp3) is 0.600. The van der Waals surface area contributed by atoms with Gasteiger partial charge in [0, 0.05) is 20.3 Å². The summed E-state index contributed by atoms with van der Waals surface area (Å²) >= 11 is 0. The maximum Gasteiger partial charge on any atom is 0.274 e. The van der Waals surface area contributed by atoms with Crippen LogP contribution in [0.25, 0.3) is 0 Å². The number of nitrogens with zero attached hydrogens (tertiary/aromatic N) is 3. The number of amides is 1. The Balaban J connectivity index is 2.86. The molecule has 0 aliphatic carbocycles. The number of hydrogen-bond acceptors (Lipinski definition) is 3. The Kier molecular flexibility index (Phi) is 3.14. The molecule has 1 rings (SSSR count). The molecule has 1 amide bonds. The molecule has 0 saturated carbocycles. The summed E-state index contributed by atoms with van der Waals surface area (Å²) in [5.41, 5.74) is -0.184. The van der Waals surface area contributed by atoms with Crippen molar-refractivity contribution in [3.05, 3.63) is 18.2 Å². The lowest BCUT2D eigenvalue weighted by atomic mass is 10.1. The van der Waals surface area contributed by atoms with Crippen molar-refractivity contribution in [3.63, 3.8) is 0 Å². The van der Waals surface area contributed by atoms with Crippen LogP contribution in [-0.2, 0) is 7.05 Å². The van der Waals surface area contributed by atoms with Crippen molar-refractivity contribution in [1.82, 2.24) is 14.5 Å². The van der Waals surface area contributed by atoms with E-state index in [4.69, 9.17) is 5.11 Å². The molecule has 1 N–H and O–H groups in total. The van der Waals surface area contributed by atoms with Crippen LogP contribution in [0.1, 0.15) is 24.3 Å². The second kappa shape index (κ2) is 4.02. The Morgan fingerprint density at radius 2 is 2.27 bits per heavy atom. The number of aromatic nitrogens is 2. The van der Waals surface area contributed by atoms with Crippen molar-refractivity contribution in [3.8, 4) is 0 Å². The van der Waals surface area contributed by atoms with Gasteiger partial charge in [-0.2, -0.15) is 0 Å². The Morgan fingerprint density at radius 3 is 2.67 bits per heavy atom. The third-order valence-corrected chi connectivity index (χ3v) is 2.52. The van der Waals surface area contributed by atoms with Gasteiger partial charge in [-0.3, -0.25) is 4.79 Å². The monoisotopic (exact) mass is 211 g/mol. The average Bonchev–Trinajstić information content (AvgIpc) is 2.62. The second-order valence-electron chi connectivity index (χ2n) is 4.26. The number of rotatable bonds is 3. The zero-order valence-corrected chi connectivity index (χ0v) is 9.56. The summed E-state index contributed by atoms with van der Waals surface area (Å²) in [6.07, 6.45) is 3.24. The summed E-state index contributed by atoms with van der Waals surface area (Å²) in [4.78, 5) is 17.4. The lowest BCUT2D eigenvalue weighted by molar-refractivity contribution is 0.0468. The standard InChI is InChI=1S/C10H17N3O2/c1-10(2,6-14)13(4)9(15)8-5-12(3)7-11-8/h5,7,14H,6H2,1-4H3. The fourth-order valence-electron chi connectivity index (χ4n) is 1.08. The minimum Gasteiger partial charge on any atom is -0.394 e. The van der Waals surface area contributed by atoms with Gasteiger partial charge in [-0.1, -0.05) is 0 Å². The van der Waals surface area contributed by atoms with Gasteiger partial charge in [0.2, 0.25) is 0 Å². The lowest BCUT2D eigenvalue weighted by Gasteiger charge is -2.33. The first-order valence-corrected chi connectivity index (χ1v) is 4.75. The van der Waals surface area contributed by atoms with E-state index >= 15 is 0 Å². The van der Waals surface area contributed by atoms with Gasteiger partial charge in [-0.25, -0.2) is 4.98 Å². The van der Waals surface area contributed by atoms with Crippen LogP contribution >= 0.6 is 0 Å². The Bertz CT molecular complexity index is 357. The SMILES string of the molecule is CN(C(=O)c1cn(C)cn1)C(C)(C)CO. The third-order valence-electron chi connectivity index (χ3n) is 2.52. The second-order valence-corrected chi connectivity index (χ2v) is 4.26. The number of hydrogen-bond donors (Lipinski definition) is 1. The Labute approximate surface area is 89.3 Å². The van der Waals surface area contributed by atoms with E-state index in [-0.39, 0.29) is 12.5 Å². The van der Waals surface area contributed by atoms with Crippen LogP contribution < -0.4 is 0 Å². The van der Waals surface area contributed by atoms with Crippen molar-refractivity contribution >= 4 is 5.91 Å². The topological polar surface area (TPSA) is 58.4 Å². The molecular weight excluding hydrogens is 194 g/mol. The van der Waals surface area contributed by atoms with Crippen molar-refractivity contribution in [2.45, 2.75) is 19.4 Å². The van der Waals surface area contributed by atoms with Crippen LogP contribution in [0, 0.1) is 0 Å². The van der Waals surface area contributed by atoms with E-state index in [1.54, 1.807) is 45.0 Å². The van der Waals surface area contributed by atoms with Crippen LogP contribution in [-0.4, -0.2) is 44.7 Å². The highest BCUT2D eigenvalue weighted by molar-refractivity contribution is 5.92. The maximum atomic E-state index is 11.9. The highest BCUT2D eigenvalue weighted by atomic mass is 16.3. The summed E-state index contributed by atoms with van der Waals surface area (Å²) < 4.78 is 1.72. The molecular formula is C10H17N3O2. The van der Waals surface area contributed by atoms with Gasteiger partial charge in [0.05, 0.1) is 18.5 Å². The summed E-state index contributed by atoms with van der Waals surface area (Å²) in [5.74, 6) is -0.186. The molecule has 0 spiro atoms. The van der Waals surface area contributed by atoms with E-state index in [2.05, 4.69) is 4.98 Å². The third kappa shape index (κ3) is 2.36. The Hall–Kier alpha value is -1.36. The average molecular weight is 211 g/mol. The van der Waals surface area contributed by atoms with E-state index < -0.39 is 5.54 Å². The quantitative estimate of drug-likeness (QED) is 0.780. The summed E-state index contributed by atoms with van der Waals surface area (Å²) in [6, 6.07) is 0. The predicted molar refractivity (Wildman–Crippen MR) is 56.5 cm³/mol. The lowest BCUT2D eigenvalue weighted by Crippen LogP contribution is -2.47. The van der Waals surface area contributed by atoms with E-state index in [0.717, 1.165) is 0 Å². The van der Waals surface area contributed by atoms with Gasteiger partial charge in [-0.05, 0) is 13.8 Å². The number of imidazole rings is 1. The molecule has 0 radical (unpaired) electrons. The van der Waals surface area contributed by atoms with Gasteiger partial charge < -0.3 is 14.6 Å². The molecule has 0 aliphatic rings. The number of aryl methyl sites for hydroxylation is 1. The van der Waals surface area contributed by atoms with Gasteiger partial charge in [0.15, 0.2) is 0 Å². The molecule has 1 aromatic heterocycles. The molecule has 0 bridgehead atoms. The van der Waals surface area contributed by atoms with Crippen molar-refractivity contribution < 1.29 is 9.90 Å². The fourth-order valence-corrected chi connectivity index (χ4v) is 1.08. The minimum absolute atomic E-state index is 0.0813. The van der Waals surface area contributed by atoms with E-state index in [1.807, 2.05) is 0 Å². The predicted octanol–water partition coefficient (Wildman–Crippen LogP) is 0.263. The number of aliphatic hydroxyl groups excluding tert-OH is 1. The van der Waals surface area contributed by atoms with Crippen LogP contribution in [0.3, 0.4) is 0 Å². The molecule has 15 heavy (non-hydrogen) atoms. The van der Waals surface area contributed by atoms with Crippen molar-refractivity contribution in [2.24, 2.45) is 7.05 Å². The van der Waals surface area contributed by atoms with E-state index in [0.29, 0.717) is 5.69 Å². The highest BCUT2D eigenvalue weighted by Gasteiger charge is 2.28.